The zero-order chi connectivity index (χ0) is 35.8. The van der Waals surface area contributed by atoms with Crippen LogP contribution in [0.4, 0.5) is 0 Å². The first-order chi connectivity index (χ1) is 21.9. The van der Waals surface area contributed by atoms with Gasteiger partial charge in [-0.05, 0) is 38.0 Å². The van der Waals surface area contributed by atoms with Crippen LogP contribution in [0.1, 0.15) is 58.8 Å². The van der Waals surface area contributed by atoms with Crippen molar-refractivity contribution >= 4 is 53.3 Å². The van der Waals surface area contributed by atoms with Gasteiger partial charge >= 0.3 is 11.9 Å². The smallest absolute Gasteiger partial charge is 0.322 e. The number of hydrogen-bond donors (Lipinski definition) is 10. The number of carboxylic acid groups (broad SMARTS) is 2. The predicted octanol–water partition coefficient (Wildman–Crippen LogP) is -4.59. The Bertz CT molecular complexity index is 1210. The Balaban J connectivity index is 3.08. The molecule has 14 N–H and O–H groups in total. The molecule has 1 saturated heterocycles. The molecule has 0 aromatic rings. The lowest BCUT2D eigenvalue weighted by molar-refractivity contribution is -0.143. The Hall–Kier alpha value is -5.01. The van der Waals surface area contributed by atoms with Crippen LogP contribution in [-0.2, 0) is 38.4 Å². The van der Waals surface area contributed by atoms with E-state index in [2.05, 4.69) is 20.9 Å². The van der Waals surface area contributed by atoms with Crippen molar-refractivity contribution in [1.29, 1.82) is 0 Å². The number of carbonyl (C=O) groups excluding carboxylic acids is 6. The van der Waals surface area contributed by atoms with Gasteiger partial charge in [-0.25, -0.2) is 0 Å². The molecule has 0 unspecified atom stereocenters. The summed E-state index contributed by atoms with van der Waals surface area (Å²) in [6, 6.07) is -6.54. The molecule has 6 amide bonds. The Kier molecular flexibility index (Phi) is 16.6. The molecule has 1 fully saturated rings. The minimum Gasteiger partial charge on any atom is -0.481 e. The number of hydrogen-bond acceptors (Lipinski definition) is 10. The van der Waals surface area contributed by atoms with Gasteiger partial charge in [0.1, 0.15) is 30.7 Å². The minimum absolute atomic E-state index is 0.0518. The largest absolute Gasteiger partial charge is 0.481 e. The number of aliphatic carboxylic acids is 2. The summed E-state index contributed by atoms with van der Waals surface area (Å²) < 4.78 is 0. The molecule has 20 nitrogen and oxygen atoms in total. The quantitative estimate of drug-likeness (QED) is 0.0331. The van der Waals surface area contributed by atoms with E-state index in [0.717, 1.165) is 4.90 Å². The van der Waals surface area contributed by atoms with Gasteiger partial charge in [-0.1, -0.05) is 13.8 Å². The molecule has 0 spiro atoms. The summed E-state index contributed by atoms with van der Waals surface area (Å²) in [4.78, 5) is 104. The minimum atomic E-state index is -1.65. The molecule has 1 aliphatic rings. The Morgan fingerprint density at radius 1 is 0.851 bits per heavy atom. The van der Waals surface area contributed by atoms with E-state index in [-0.39, 0.29) is 44.2 Å². The molecular weight excluding hydrogens is 624 g/mol. The molecule has 0 saturated carbocycles. The number of primary amides is 1. The van der Waals surface area contributed by atoms with Gasteiger partial charge in [0.05, 0.1) is 18.9 Å². The highest BCUT2D eigenvalue weighted by Crippen LogP contribution is 2.20. The van der Waals surface area contributed by atoms with E-state index in [4.69, 9.17) is 28.0 Å². The van der Waals surface area contributed by atoms with Crippen molar-refractivity contribution in [2.75, 3.05) is 19.6 Å². The zero-order valence-corrected chi connectivity index (χ0v) is 26.4. The molecule has 20 heteroatoms. The van der Waals surface area contributed by atoms with E-state index in [1.165, 1.54) is 0 Å². The number of carboxylic acids is 2. The third-order valence-electron chi connectivity index (χ3n) is 6.93. The fourth-order valence-electron chi connectivity index (χ4n) is 4.75. The first-order valence-corrected chi connectivity index (χ1v) is 14.9. The highest BCUT2D eigenvalue weighted by atomic mass is 16.4. The van der Waals surface area contributed by atoms with Gasteiger partial charge in [0.2, 0.25) is 35.4 Å². The summed E-state index contributed by atoms with van der Waals surface area (Å²) in [5.74, 6) is -8.27. The van der Waals surface area contributed by atoms with Crippen molar-refractivity contribution < 1.29 is 48.6 Å². The first kappa shape index (κ1) is 40.0. The molecular formula is C27H46N10O10. The van der Waals surface area contributed by atoms with E-state index in [1.807, 2.05) is 5.32 Å². The number of carbonyl (C=O) groups is 8. The highest BCUT2D eigenvalue weighted by molar-refractivity contribution is 5.98. The Labute approximate surface area is 270 Å². The molecule has 264 valence electrons. The molecule has 1 aliphatic heterocycles. The molecule has 0 aliphatic carbocycles. The third-order valence-corrected chi connectivity index (χ3v) is 6.93. The third kappa shape index (κ3) is 14.8. The van der Waals surface area contributed by atoms with Gasteiger partial charge in [0.15, 0.2) is 5.96 Å². The molecule has 1 heterocycles. The summed E-state index contributed by atoms with van der Waals surface area (Å²) in [7, 11) is 0. The summed E-state index contributed by atoms with van der Waals surface area (Å²) in [6.07, 6.45) is -0.338. The number of likely N-dealkylation sites (tertiary alicyclic amines) is 1. The van der Waals surface area contributed by atoms with Crippen LogP contribution in [0.25, 0.3) is 0 Å². The molecule has 0 radical (unpaired) electrons. The van der Waals surface area contributed by atoms with Crippen LogP contribution in [0.2, 0.25) is 0 Å². The molecule has 0 bridgehead atoms. The number of amides is 6. The van der Waals surface area contributed by atoms with E-state index >= 15 is 0 Å². The number of guanidine groups is 1. The Morgan fingerprint density at radius 3 is 2.04 bits per heavy atom. The number of aliphatic imine (C=N–C) groups is 1. The second-order valence-corrected chi connectivity index (χ2v) is 11.4. The summed E-state index contributed by atoms with van der Waals surface area (Å²) in [6.45, 7) is 2.97. The first-order valence-electron chi connectivity index (χ1n) is 14.9. The lowest BCUT2D eigenvalue weighted by Crippen LogP contribution is -2.59. The average molecular weight is 671 g/mol. The summed E-state index contributed by atoms with van der Waals surface area (Å²) >= 11 is 0. The van der Waals surface area contributed by atoms with Gasteiger partial charge in [-0.2, -0.15) is 0 Å². The topological polar surface area (TPSA) is 345 Å². The second-order valence-electron chi connectivity index (χ2n) is 11.4. The van der Waals surface area contributed by atoms with Crippen LogP contribution in [0.3, 0.4) is 0 Å². The van der Waals surface area contributed by atoms with Crippen molar-refractivity contribution in [3.8, 4) is 0 Å². The van der Waals surface area contributed by atoms with Crippen molar-refractivity contribution in [2.24, 2.45) is 33.8 Å². The van der Waals surface area contributed by atoms with Crippen LogP contribution in [0, 0.1) is 5.92 Å². The van der Waals surface area contributed by atoms with E-state index in [0.29, 0.717) is 12.8 Å². The van der Waals surface area contributed by atoms with Crippen molar-refractivity contribution in [2.45, 2.75) is 89.0 Å². The normalized spacial score (nSPS) is 16.6. The van der Waals surface area contributed by atoms with Crippen molar-refractivity contribution in [1.82, 2.24) is 26.2 Å². The fourth-order valence-corrected chi connectivity index (χ4v) is 4.75. The Morgan fingerprint density at radius 2 is 1.49 bits per heavy atom. The monoisotopic (exact) mass is 670 g/mol. The van der Waals surface area contributed by atoms with E-state index < -0.39 is 97.0 Å². The fraction of sp³-hybridized carbons (Fsp3) is 0.667. The van der Waals surface area contributed by atoms with Crippen LogP contribution in [0.5, 0.6) is 0 Å². The molecule has 47 heavy (non-hydrogen) atoms. The molecule has 0 aromatic heterocycles. The standard InChI is InChI=1S/C27H46N10O10/c1-13(2)9-15(24(45)34-16(11-20(39)40)23(44)33-12-21(41)42)35-25(46)18-6-4-8-37(18)26(47)17(10-19(29)38)36-22(43)14(28)5-3-7-32-27(30)31/h13-18H,3-12,28H2,1-2H3,(H2,29,38)(H,33,44)(H,34,45)(H,35,46)(H,36,43)(H,39,40)(H,41,42)(H4,30,31,32)/t14-,15-,16-,17-,18-/m0/s1. The lowest BCUT2D eigenvalue weighted by Gasteiger charge is -2.30. The lowest BCUT2D eigenvalue weighted by atomic mass is 10.0. The second kappa shape index (κ2) is 19.5. The zero-order valence-electron chi connectivity index (χ0n) is 26.4. The van der Waals surface area contributed by atoms with Crippen LogP contribution < -0.4 is 44.2 Å². The van der Waals surface area contributed by atoms with Crippen molar-refractivity contribution in [3.05, 3.63) is 0 Å². The highest BCUT2D eigenvalue weighted by Gasteiger charge is 2.40. The van der Waals surface area contributed by atoms with Crippen LogP contribution in [-0.4, -0.2) is 118 Å². The predicted molar refractivity (Wildman–Crippen MR) is 165 cm³/mol. The number of nitrogens with zero attached hydrogens (tertiary/aromatic N) is 2. The average Bonchev–Trinajstić information content (AvgIpc) is 3.45. The summed E-state index contributed by atoms with van der Waals surface area (Å²) in [5, 5.41) is 27.2. The van der Waals surface area contributed by atoms with Gasteiger partial charge in [0.25, 0.3) is 0 Å². The summed E-state index contributed by atoms with van der Waals surface area (Å²) in [5.41, 5.74) is 21.8. The van der Waals surface area contributed by atoms with Gasteiger partial charge < -0.3 is 59.3 Å². The van der Waals surface area contributed by atoms with Crippen LogP contribution >= 0.6 is 0 Å². The maximum atomic E-state index is 13.5. The number of nitrogens with one attached hydrogen (secondary N) is 4. The van der Waals surface area contributed by atoms with Gasteiger partial charge in [-0.15, -0.1) is 0 Å². The molecule has 0 aromatic carbocycles. The van der Waals surface area contributed by atoms with E-state index in [9.17, 15) is 43.5 Å². The molecule has 1 rings (SSSR count). The van der Waals surface area contributed by atoms with Crippen LogP contribution in [0.15, 0.2) is 4.99 Å². The SMILES string of the molecule is CC(C)C[C@H](NC(=O)[C@@H]1CCCN1C(=O)[C@H](CC(N)=O)NC(=O)[C@@H](N)CCCN=C(N)N)C(=O)N[C@@H](CC(=O)O)C(=O)NCC(=O)O. The number of rotatable bonds is 20. The number of nitrogens with two attached hydrogens (primary N) is 4. The van der Waals surface area contributed by atoms with Crippen molar-refractivity contribution in [3.63, 3.8) is 0 Å². The molecule has 5 atom stereocenters. The maximum absolute atomic E-state index is 13.5. The van der Waals surface area contributed by atoms with E-state index in [1.54, 1.807) is 13.8 Å². The van der Waals surface area contributed by atoms with Gasteiger partial charge in [0, 0.05) is 13.1 Å². The van der Waals surface area contributed by atoms with Gasteiger partial charge in [-0.3, -0.25) is 43.3 Å². The maximum Gasteiger partial charge on any atom is 0.322 e.